The van der Waals surface area contributed by atoms with E-state index in [-0.39, 0.29) is 0 Å². The Morgan fingerprint density at radius 3 is 2.69 bits per heavy atom. The van der Waals surface area contributed by atoms with Gasteiger partial charge in [0.05, 0.1) is 5.69 Å². The third-order valence-corrected chi connectivity index (χ3v) is 3.73. The van der Waals surface area contributed by atoms with Gasteiger partial charge in [0.25, 0.3) is 0 Å². The second kappa shape index (κ2) is 5.15. The third-order valence-electron chi connectivity index (χ3n) is 3.50. The van der Waals surface area contributed by atoms with Gasteiger partial charge in [0.15, 0.2) is 0 Å². The van der Waals surface area contributed by atoms with Gasteiger partial charge >= 0.3 is 0 Å². The molecule has 2 nitrogen and oxygen atoms in total. The fourth-order valence-corrected chi connectivity index (χ4v) is 2.69. The minimum Gasteiger partial charge on any atom is -0.292 e. The molecule has 2 heterocycles. The first-order chi connectivity index (χ1) is 7.66. The van der Waals surface area contributed by atoms with E-state index in [0.717, 1.165) is 17.3 Å². The van der Waals surface area contributed by atoms with Crippen LogP contribution in [0.15, 0.2) is 18.3 Å². The number of pyridine rings is 1. The van der Waals surface area contributed by atoms with Crippen LogP contribution in [-0.4, -0.2) is 22.0 Å². The topological polar surface area (TPSA) is 16.1 Å². The van der Waals surface area contributed by atoms with Crippen LogP contribution in [0.1, 0.15) is 38.8 Å². The van der Waals surface area contributed by atoms with E-state index in [1.54, 1.807) is 6.20 Å². The zero-order valence-corrected chi connectivity index (χ0v) is 10.7. The molecule has 3 heteroatoms. The Kier molecular flexibility index (Phi) is 3.82. The van der Waals surface area contributed by atoms with Gasteiger partial charge in [0, 0.05) is 29.8 Å². The Labute approximate surface area is 103 Å². The van der Waals surface area contributed by atoms with E-state index in [1.165, 1.54) is 19.3 Å². The zero-order chi connectivity index (χ0) is 11.5. The van der Waals surface area contributed by atoms with Crippen molar-refractivity contribution in [2.75, 3.05) is 0 Å². The molecule has 1 aliphatic heterocycles. The first kappa shape index (κ1) is 11.9. The Hall–Kier alpha value is -0.600. The summed E-state index contributed by atoms with van der Waals surface area (Å²) < 4.78 is 0. The molecule has 0 spiro atoms. The molecule has 1 fully saturated rings. The smallest absolute Gasteiger partial charge is 0.0558 e. The molecular formula is C13H19ClN2. The summed E-state index contributed by atoms with van der Waals surface area (Å²) in [7, 11) is 0. The zero-order valence-electron chi connectivity index (χ0n) is 9.99. The van der Waals surface area contributed by atoms with Crippen LogP contribution < -0.4 is 0 Å². The Bertz CT molecular complexity index is 344. The van der Waals surface area contributed by atoms with E-state index >= 15 is 0 Å². The van der Waals surface area contributed by atoms with Crippen molar-refractivity contribution in [1.29, 1.82) is 0 Å². The number of aromatic nitrogens is 1. The number of hydrogen-bond donors (Lipinski definition) is 0. The maximum absolute atomic E-state index is 5.98. The average Bonchev–Trinajstić information content (AvgIpc) is 2.24. The molecule has 0 aromatic carbocycles. The molecule has 0 amide bonds. The number of halogens is 1. The highest BCUT2D eigenvalue weighted by atomic mass is 35.5. The fourth-order valence-electron chi connectivity index (χ4n) is 2.51. The van der Waals surface area contributed by atoms with Crippen molar-refractivity contribution in [1.82, 2.24) is 9.88 Å². The molecular weight excluding hydrogens is 220 g/mol. The summed E-state index contributed by atoms with van der Waals surface area (Å²) in [5.41, 5.74) is 1.08. The van der Waals surface area contributed by atoms with Crippen LogP contribution in [0.25, 0.3) is 0 Å². The molecule has 88 valence electrons. The molecule has 16 heavy (non-hydrogen) atoms. The summed E-state index contributed by atoms with van der Waals surface area (Å²) in [5, 5.41) is 0.780. The van der Waals surface area contributed by atoms with Gasteiger partial charge in [-0.05, 0) is 38.8 Å². The SMILES string of the molecule is C[C@@H]1CCC[C@H](C)N1Cc1cc(Cl)ccn1. The van der Waals surface area contributed by atoms with Crippen LogP contribution in [0.4, 0.5) is 0 Å². The van der Waals surface area contributed by atoms with Crippen molar-refractivity contribution in [2.24, 2.45) is 0 Å². The molecule has 1 aromatic heterocycles. The lowest BCUT2D eigenvalue weighted by molar-refractivity contribution is 0.0938. The molecule has 0 bridgehead atoms. The van der Waals surface area contributed by atoms with Gasteiger partial charge in [-0.15, -0.1) is 0 Å². The second-order valence-electron chi connectivity index (χ2n) is 4.77. The quantitative estimate of drug-likeness (QED) is 0.784. The maximum atomic E-state index is 5.98. The molecule has 2 rings (SSSR count). The van der Waals surface area contributed by atoms with E-state index in [2.05, 4.69) is 23.7 Å². The molecule has 1 aliphatic rings. The van der Waals surface area contributed by atoms with Crippen LogP contribution in [0, 0.1) is 0 Å². The molecule has 2 atom stereocenters. The summed E-state index contributed by atoms with van der Waals surface area (Å²) >= 11 is 5.98. The summed E-state index contributed by atoms with van der Waals surface area (Å²) in [6.07, 6.45) is 5.73. The molecule has 0 saturated carbocycles. The van der Waals surface area contributed by atoms with Crippen molar-refractivity contribution >= 4 is 11.6 Å². The number of hydrogen-bond acceptors (Lipinski definition) is 2. The van der Waals surface area contributed by atoms with Gasteiger partial charge in [-0.3, -0.25) is 9.88 Å². The fraction of sp³-hybridized carbons (Fsp3) is 0.615. The molecule has 1 aromatic rings. The van der Waals surface area contributed by atoms with Gasteiger partial charge in [-0.1, -0.05) is 18.0 Å². The van der Waals surface area contributed by atoms with E-state index in [0.29, 0.717) is 12.1 Å². The Morgan fingerprint density at radius 2 is 2.06 bits per heavy atom. The predicted molar refractivity (Wildman–Crippen MR) is 67.6 cm³/mol. The van der Waals surface area contributed by atoms with Crippen LogP contribution in [-0.2, 0) is 6.54 Å². The highest BCUT2D eigenvalue weighted by Gasteiger charge is 2.24. The van der Waals surface area contributed by atoms with Gasteiger partial charge < -0.3 is 0 Å². The normalized spacial score (nSPS) is 26.9. The van der Waals surface area contributed by atoms with E-state index < -0.39 is 0 Å². The van der Waals surface area contributed by atoms with Gasteiger partial charge in [0.1, 0.15) is 0 Å². The number of piperidine rings is 1. The maximum Gasteiger partial charge on any atom is 0.0558 e. The van der Waals surface area contributed by atoms with Crippen LogP contribution in [0.5, 0.6) is 0 Å². The van der Waals surface area contributed by atoms with Crippen molar-refractivity contribution in [3.05, 3.63) is 29.0 Å². The molecule has 0 unspecified atom stereocenters. The van der Waals surface area contributed by atoms with Crippen LogP contribution >= 0.6 is 11.6 Å². The first-order valence-electron chi connectivity index (χ1n) is 6.03. The lowest BCUT2D eigenvalue weighted by atomic mass is 9.97. The predicted octanol–water partition coefficient (Wildman–Crippen LogP) is 3.50. The molecule has 0 radical (unpaired) electrons. The minimum atomic E-state index is 0.657. The third kappa shape index (κ3) is 2.74. The van der Waals surface area contributed by atoms with E-state index in [1.807, 2.05) is 12.1 Å². The van der Waals surface area contributed by atoms with Crippen molar-refractivity contribution in [3.8, 4) is 0 Å². The largest absolute Gasteiger partial charge is 0.292 e. The monoisotopic (exact) mass is 238 g/mol. The summed E-state index contributed by atoms with van der Waals surface area (Å²) in [6.45, 7) is 5.53. The highest BCUT2D eigenvalue weighted by Crippen LogP contribution is 2.24. The second-order valence-corrected chi connectivity index (χ2v) is 5.20. The highest BCUT2D eigenvalue weighted by molar-refractivity contribution is 6.30. The van der Waals surface area contributed by atoms with Gasteiger partial charge in [0.2, 0.25) is 0 Å². The van der Waals surface area contributed by atoms with Crippen LogP contribution in [0.3, 0.4) is 0 Å². The standard InChI is InChI=1S/C13H19ClN2/c1-10-4-3-5-11(2)16(10)9-13-8-12(14)6-7-15-13/h6-8,10-11H,3-5,9H2,1-2H3/t10-,11+. The van der Waals surface area contributed by atoms with Crippen molar-refractivity contribution < 1.29 is 0 Å². The molecule has 0 aliphatic carbocycles. The summed E-state index contributed by atoms with van der Waals surface area (Å²) in [5.74, 6) is 0. The van der Waals surface area contributed by atoms with Gasteiger partial charge in [-0.2, -0.15) is 0 Å². The average molecular weight is 239 g/mol. The van der Waals surface area contributed by atoms with Gasteiger partial charge in [-0.25, -0.2) is 0 Å². The van der Waals surface area contributed by atoms with Crippen LogP contribution in [0.2, 0.25) is 5.02 Å². The lowest BCUT2D eigenvalue weighted by Crippen LogP contribution is -2.43. The van der Waals surface area contributed by atoms with Crippen molar-refractivity contribution in [2.45, 2.75) is 51.7 Å². The first-order valence-corrected chi connectivity index (χ1v) is 6.41. The van der Waals surface area contributed by atoms with Crippen molar-refractivity contribution in [3.63, 3.8) is 0 Å². The van der Waals surface area contributed by atoms with E-state index in [9.17, 15) is 0 Å². The number of rotatable bonds is 2. The number of likely N-dealkylation sites (tertiary alicyclic amines) is 1. The Balaban J connectivity index is 2.07. The Morgan fingerprint density at radius 1 is 1.38 bits per heavy atom. The molecule has 0 N–H and O–H groups in total. The minimum absolute atomic E-state index is 0.657. The number of nitrogens with zero attached hydrogens (tertiary/aromatic N) is 2. The summed E-state index contributed by atoms with van der Waals surface area (Å²) in [6, 6.07) is 5.11. The lowest BCUT2D eigenvalue weighted by Gasteiger charge is -2.38. The summed E-state index contributed by atoms with van der Waals surface area (Å²) in [4.78, 5) is 6.91. The molecule has 1 saturated heterocycles. The van der Waals surface area contributed by atoms with E-state index in [4.69, 9.17) is 11.6 Å².